The van der Waals surface area contributed by atoms with Crippen molar-refractivity contribution in [1.82, 2.24) is 5.32 Å². The average Bonchev–Trinajstić information content (AvgIpc) is 1.80. The van der Waals surface area contributed by atoms with Gasteiger partial charge in [0.15, 0.2) is 0 Å². The van der Waals surface area contributed by atoms with Crippen LogP contribution in [0.15, 0.2) is 23.4 Å². The molecule has 1 aliphatic heterocycles. The number of hydrogen-bond acceptors (Lipinski definition) is 2. The second-order valence-electron chi connectivity index (χ2n) is 2.42. The number of hydrogen-bond donors (Lipinski definition) is 2. The second-order valence-corrected chi connectivity index (χ2v) is 2.42. The molecule has 0 aliphatic carbocycles. The fourth-order valence-corrected chi connectivity index (χ4v) is 0.843. The molecular weight excluding hydrogens is 112 g/mol. The molecule has 0 amide bonds. The normalized spacial score (nSPS) is 26.3. The molecule has 2 heteroatoms. The van der Waals surface area contributed by atoms with Gasteiger partial charge in [0, 0.05) is 6.20 Å². The summed E-state index contributed by atoms with van der Waals surface area (Å²) in [4.78, 5) is 0. The number of rotatable bonds is 0. The van der Waals surface area contributed by atoms with Crippen LogP contribution in [0.4, 0.5) is 0 Å². The first-order chi connectivity index (χ1) is 4.20. The summed E-state index contributed by atoms with van der Waals surface area (Å²) in [6, 6.07) is 0. The predicted molar refractivity (Wildman–Crippen MR) is 38.6 cm³/mol. The monoisotopic (exact) mass is 124 g/mol. The lowest BCUT2D eigenvalue weighted by molar-refractivity contribution is 0.681. The third kappa shape index (κ3) is 1.33. The van der Waals surface area contributed by atoms with E-state index in [1.54, 1.807) is 0 Å². The molecule has 0 bridgehead atoms. The number of nitrogens with two attached hydrogens (primary N) is 1. The predicted octanol–water partition coefficient (Wildman–Crippen LogP) is 0.725. The maximum Gasteiger partial charge on any atom is 0.0961 e. The Hall–Kier alpha value is -0.760. The van der Waals surface area contributed by atoms with Crippen molar-refractivity contribution in [2.24, 2.45) is 5.73 Å². The molecule has 2 nitrogen and oxygen atoms in total. The first kappa shape index (κ1) is 6.36. The molecule has 1 atom stereocenters. The summed E-state index contributed by atoms with van der Waals surface area (Å²) >= 11 is 0. The van der Waals surface area contributed by atoms with Crippen LogP contribution < -0.4 is 11.1 Å². The van der Waals surface area contributed by atoms with Gasteiger partial charge in [-0.25, -0.2) is 0 Å². The fourth-order valence-electron chi connectivity index (χ4n) is 0.843. The maximum absolute atomic E-state index is 5.62. The Morgan fingerprint density at radius 1 is 1.56 bits per heavy atom. The zero-order valence-electron chi connectivity index (χ0n) is 5.81. The lowest BCUT2D eigenvalue weighted by Gasteiger charge is -2.17. The van der Waals surface area contributed by atoms with Crippen molar-refractivity contribution in [3.05, 3.63) is 23.4 Å². The van der Waals surface area contributed by atoms with Crippen LogP contribution in [0.3, 0.4) is 0 Å². The highest BCUT2D eigenvalue weighted by Gasteiger charge is 2.04. The zero-order valence-corrected chi connectivity index (χ0v) is 5.81. The van der Waals surface area contributed by atoms with Crippen molar-refractivity contribution in [3.63, 3.8) is 0 Å². The topological polar surface area (TPSA) is 38.0 Å². The van der Waals surface area contributed by atoms with E-state index in [9.17, 15) is 0 Å². The molecule has 0 saturated heterocycles. The van der Waals surface area contributed by atoms with Crippen molar-refractivity contribution in [1.29, 1.82) is 0 Å². The van der Waals surface area contributed by atoms with Crippen LogP contribution in [0.5, 0.6) is 0 Å². The molecule has 0 radical (unpaired) electrons. The van der Waals surface area contributed by atoms with Gasteiger partial charge in [0.05, 0.1) is 6.17 Å². The maximum atomic E-state index is 5.62. The SMILES string of the molecule is CC1=CNC(N)C(C)=C1. The van der Waals surface area contributed by atoms with Crippen LogP contribution in [0.1, 0.15) is 13.8 Å². The quantitative estimate of drug-likeness (QED) is 0.499. The Bertz CT molecular complexity index is 168. The highest BCUT2D eigenvalue weighted by molar-refractivity contribution is 5.27. The summed E-state index contributed by atoms with van der Waals surface area (Å²) in [5.41, 5.74) is 8.04. The molecule has 1 unspecified atom stereocenters. The van der Waals surface area contributed by atoms with Gasteiger partial charge in [-0.3, -0.25) is 0 Å². The molecule has 3 N–H and O–H groups in total. The van der Waals surface area contributed by atoms with E-state index in [2.05, 4.69) is 11.4 Å². The summed E-state index contributed by atoms with van der Waals surface area (Å²) < 4.78 is 0. The largest absolute Gasteiger partial charge is 0.372 e. The van der Waals surface area contributed by atoms with Crippen molar-refractivity contribution < 1.29 is 0 Å². The molecule has 0 aromatic heterocycles. The fraction of sp³-hybridized carbons (Fsp3) is 0.429. The molecule has 1 rings (SSSR count). The van der Waals surface area contributed by atoms with E-state index in [4.69, 9.17) is 5.73 Å². The molecular formula is C7H12N2. The van der Waals surface area contributed by atoms with Gasteiger partial charge in [-0.05, 0) is 25.0 Å². The van der Waals surface area contributed by atoms with Crippen molar-refractivity contribution in [3.8, 4) is 0 Å². The molecule has 0 saturated carbocycles. The van der Waals surface area contributed by atoms with E-state index < -0.39 is 0 Å². The third-order valence-corrected chi connectivity index (χ3v) is 1.44. The van der Waals surface area contributed by atoms with Gasteiger partial charge >= 0.3 is 0 Å². The van der Waals surface area contributed by atoms with Crippen molar-refractivity contribution in [2.45, 2.75) is 20.0 Å². The van der Waals surface area contributed by atoms with Crippen LogP contribution in [-0.4, -0.2) is 6.17 Å². The second kappa shape index (κ2) is 2.23. The minimum absolute atomic E-state index is 0.0219. The summed E-state index contributed by atoms with van der Waals surface area (Å²) in [6.45, 7) is 4.07. The summed E-state index contributed by atoms with van der Waals surface area (Å²) in [7, 11) is 0. The van der Waals surface area contributed by atoms with E-state index >= 15 is 0 Å². The molecule has 1 aliphatic rings. The van der Waals surface area contributed by atoms with Crippen LogP contribution in [0.2, 0.25) is 0 Å². The zero-order chi connectivity index (χ0) is 6.85. The van der Waals surface area contributed by atoms with Crippen LogP contribution >= 0.6 is 0 Å². The van der Waals surface area contributed by atoms with Gasteiger partial charge in [-0.1, -0.05) is 6.08 Å². The smallest absolute Gasteiger partial charge is 0.0961 e. The molecule has 0 fully saturated rings. The summed E-state index contributed by atoms with van der Waals surface area (Å²) in [6.07, 6.45) is 4.03. The summed E-state index contributed by atoms with van der Waals surface area (Å²) in [5.74, 6) is 0. The van der Waals surface area contributed by atoms with E-state index in [0.717, 1.165) is 0 Å². The minimum Gasteiger partial charge on any atom is -0.372 e. The Morgan fingerprint density at radius 2 is 2.22 bits per heavy atom. The Balaban J connectivity index is 2.74. The molecule has 1 heterocycles. The van der Waals surface area contributed by atoms with Gasteiger partial charge in [-0.15, -0.1) is 0 Å². The number of dihydropyridines is 1. The van der Waals surface area contributed by atoms with Crippen molar-refractivity contribution in [2.75, 3.05) is 0 Å². The highest BCUT2D eigenvalue weighted by Crippen LogP contribution is 2.06. The van der Waals surface area contributed by atoms with Crippen LogP contribution in [0.25, 0.3) is 0 Å². The van der Waals surface area contributed by atoms with E-state index in [-0.39, 0.29) is 6.17 Å². The molecule has 0 aromatic rings. The first-order valence-electron chi connectivity index (χ1n) is 3.07. The van der Waals surface area contributed by atoms with Gasteiger partial charge in [0.25, 0.3) is 0 Å². The van der Waals surface area contributed by atoms with E-state index in [1.165, 1.54) is 11.1 Å². The van der Waals surface area contributed by atoms with E-state index in [1.807, 2.05) is 20.0 Å². The third-order valence-electron chi connectivity index (χ3n) is 1.44. The molecule has 50 valence electrons. The minimum atomic E-state index is 0.0219. The lowest BCUT2D eigenvalue weighted by Crippen LogP contribution is -2.36. The van der Waals surface area contributed by atoms with Gasteiger partial charge in [0.2, 0.25) is 0 Å². The summed E-state index contributed by atoms with van der Waals surface area (Å²) in [5, 5.41) is 3.03. The Labute approximate surface area is 55.4 Å². The van der Waals surface area contributed by atoms with Gasteiger partial charge in [-0.2, -0.15) is 0 Å². The van der Waals surface area contributed by atoms with Crippen molar-refractivity contribution >= 4 is 0 Å². The van der Waals surface area contributed by atoms with Crippen LogP contribution in [0, 0.1) is 0 Å². The highest BCUT2D eigenvalue weighted by atomic mass is 15.0. The first-order valence-corrected chi connectivity index (χ1v) is 3.07. The Morgan fingerprint density at radius 3 is 2.67 bits per heavy atom. The molecule has 0 spiro atoms. The molecule has 9 heavy (non-hydrogen) atoms. The van der Waals surface area contributed by atoms with Gasteiger partial charge < -0.3 is 11.1 Å². The number of allylic oxidation sites excluding steroid dienone is 2. The van der Waals surface area contributed by atoms with Crippen LogP contribution in [-0.2, 0) is 0 Å². The average molecular weight is 124 g/mol. The van der Waals surface area contributed by atoms with Gasteiger partial charge in [0.1, 0.15) is 0 Å². The Kier molecular flexibility index (Phi) is 1.58. The standard InChI is InChI=1S/C7H12N2/c1-5-3-6(2)7(8)9-4-5/h3-4,7,9H,8H2,1-2H3. The lowest BCUT2D eigenvalue weighted by atomic mass is 10.1. The number of nitrogens with one attached hydrogen (secondary N) is 1. The van der Waals surface area contributed by atoms with E-state index in [0.29, 0.717) is 0 Å². The molecule has 0 aromatic carbocycles.